The maximum Gasteiger partial charge on any atom is 0.256 e. The third kappa shape index (κ3) is 2.93. The molecule has 0 aliphatic rings. The van der Waals surface area contributed by atoms with Crippen molar-refractivity contribution in [1.29, 1.82) is 0 Å². The van der Waals surface area contributed by atoms with Crippen LogP contribution in [0, 0.1) is 12.7 Å². The Morgan fingerprint density at radius 2 is 2.05 bits per heavy atom. The fourth-order valence-corrected chi connectivity index (χ4v) is 2.09. The Morgan fingerprint density at radius 3 is 2.79 bits per heavy atom. The topological polar surface area (TPSA) is 55.1 Å². The highest BCUT2D eigenvalue weighted by molar-refractivity contribution is 9.10. The highest BCUT2D eigenvalue weighted by Crippen LogP contribution is 2.24. The number of hydrogen-bond donors (Lipinski definition) is 2. The number of hydrogen-bond acceptors (Lipinski definition) is 2. The lowest BCUT2D eigenvalue weighted by Crippen LogP contribution is -2.14. The minimum Gasteiger partial charge on any atom is -0.397 e. The first-order valence-corrected chi connectivity index (χ1v) is 6.40. The van der Waals surface area contributed by atoms with Crippen LogP contribution in [0.3, 0.4) is 0 Å². The van der Waals surface area contributed by atoms with Gasteiger partial charge in [0.2, 0.25) is 0 Å². The van der Waals surface area contributed by atoms with Crippen LogP contribution in [0.5, 0.6) is 0 Å². The first-order valence-electron chi connectivity index (χ1n) is 5.60. The van der Waals surface area contributed by atoms with Crippen LogP contribution in [0.2, 0.25) is 0 Å². The van der Waals surface area contributed by atoms with E-state index in [0.717, 1.165) is 5.56 Å². The third-order valence-electron chi connectivity index (χ3n) is 2.70. The Bertz CT molecular complexity index is 643. The molecule has 3 nitrogen and oxygen atoms in total. The van der Waals surface area contributed by atoms with E-state index in [9.17, 15) is 9.18 Å². The lowest BCUT2D eigenvalue weighted by Gasteiger charge is -2.10. The smallest absolute Gasteiger partial charge is 0.256 e. The van der Waals surface area contributed by atoms with Crippen LogP contribution in [0.25, 0.3) is 0 Å². The van der Waals surface area contributed by atoms with Crippen molar-refractivity contribution in [2.45, 2.75) is 6.92 Å². The summed E-state index contributed by atoms with van der Waals surface area (Å²) in [7, 11) is 0. The predicted molar refractivity (Wildman–Crippen MR) is 77.6 cm³/mol. The zero-order valence-electron chi connectivity index (χ0n) is 10.2. The van der Waals surface area contributed by atoms with Gasteiger partial charge >= 0.3 is 0 Å². The molecular formula is C14H12BrFN2O. The summed E-state index contributed by atoms with van der Waals surface area (Å²) in [6, 6.07) is 9.20. The van der Waals surface area contributed by atoms with Gasteiger partial charge in [-0.1, -0.05) is 12.1 Å². The standard InChI is InChI=1S/C14H12BrFN2O/c1-8-3-2-4-10(13(8)15)14(19)18-12-7-9(16)5-6-11(12)17/h2-7H,17H2,1H3,(H,18,19). The second kappa shape index (κ2) is 5.40. The number of carbonyl (C=O) groups is 1. The summed E-state index contributed by atoms with van der Waals surface area (Å²) >= 11 is 3.36. The summed E-state index contributed by atoms with van der Waals surface area (Å²) in [5.74, 6) is -0.791. The van der Waals surface area contributed by atoms with Gasteiger partial charge in [-0.15, -0.1) is 0 Å². The predicted octanol–water partition coefficient (Wildman–Crippen LogP) is 3.73. The fourth-order valence-electron chi connectivity index (χ4n) is 1.65. The van der Waals surface area contributed by atoms with Gasteiger partial charge in [0.25, 0.3) is 5.91 Å². The van der Waals surface area contributed by atoms with Crippen LogP contribution < -0.4 is 11.1 Å². The van der Waals surface area contributed by atoms with Gasteiger partial charge in [0.15, 0.2) is 0 Å². The molecule has 0 atom stereocenters. The average molecular weight is 323 g/mol. The summed E-state index contributed by atoms with van der Waals surface area (Å²) in [6.07, 6.45) is 0. The zero-order valence-corrected chi connectivity index (χ0v) is 11.8. The van der Waals surface area contributed by atoms with Gasteiger partial charge in [-0.25, -0.2) is 4.39 Å². The monoisotopic (exact) mass is 322 g/mol. The van der Waals surface area contributed by atoms with Crippen LogP contribution in [0.4, 0.5) is 15.8 Å². The number of rotatable bonds is 2. The van der Waals surface area contributed by atoms with Gasteiger partial charge < -0.3 is 11.1 Å². The Hall–Kier alpha value is -1.88. The van der Waals surface area contributed by atoms with E-state index in [-0.39, 0.29) is 11.6 Å². The minimum absolute atomic E-state index is 0.262. The normalized spacial score (nSPS) is 10.3. The summed E-state index contributed by atoms with van der Waals surface area (Å²) in [4.78, 5) is 12.1. The van der Waals surface area contributed by atoms with Crippen molar-refractivity contribution in [3.05, 3.63) is 57.8 Å². The maximum atomic E-state index is 13.1. The molecule has 0 fully saturated rings. The number of amides is 1. The molecule has 0 aromatic heterocycles. The van der Waals surface area contributed by atoms with Crippen LogP contribution in [-0.2, 0) is 0 Å². The number of carbonyl (C=O) groups excluding carboxylic acids is 1. The average Bonchev–Trinajstić information content (AvgIpc) is 2.37. The Kier molecular flexibility index (Phi) is 3.85. The van der Waals surface area contributed by atoms with Crippen molar-refractivity contribution in [2.24, 2.45) is 0 Å². The third-order valence-corrected chi connectivity index (χ3v) is 3.75. The number of halogens is 2. The molecule has 0 aliphatic heterocycles. The van der Waals surface area contributed by atoms with E-state index in [1.165, 1.54) is 18.2 Å². The first kappa shape index (κ1) is 13.5. The summed E-state index contributed by atoms with van der Waals surface area (Å²) < 4.78 is 13.8. The van der Waals surface area contributed by atoms with Gasteiger partial charge in [0.05, 0.1) is 16.9 Å². The van der Waals surface area contributed by atoms with Gasteiger partial charge in [-0.2, -0.15) is 0 Å². The van der Waals surface area contributed by atoms with Gasteiger partial charge in [0.1, 0.15) is 5.82 Å². The quantitative estimate of drug-likeness (QED) is 0.828. The van der Waals surface area contributed by atoms with Crippen molar-refractivity contribution in [2.75, 3.05) is 11.1 Å². The first-order chi connectivity index (χ1) is 8.99. The van der Waals surface area contributed by atoms with E-state index in [4.69, 9.17) is 5.73 Å². The van der Waals surface area contributed by atoms with Crippen molar-refractivity contribution >= 4 is 33.2 Å². The molecule has 98 valence electrons. The molecule has 0 unspecified atom stereocenters. The number of nitrogen functional groups attached to an aromatic ring is 1. The van der Waals surface area contributed by atoms with E-state index < -0.39 is 5.82 Å². The second-order valence-corrected chi connectivity index (χ2v) is 4.92. The number of nitrogens with one attached hydrogen (secondary N) is 1. The van der Waals surface area contributed by atoms with Crippen LogP contribution in [0.1, 0.15) is 15.9 Å². The molecule has 2 aromatic rings. The number of aryl methyl sites for hydroxylation is 1. The molecule has 0 spiro atoms. The van der Waals surface area contributed by atoms with Gasteiger partial charge in [-0.05, 0) is 52.7 Å². The molecule has 0 saturated heterocycles. The Morgan fingerprint density at radius 1 is 1.32 bits per heavy atom. The Balaban J connectivity index is 2.31. The maximum absolute atomic E-state index is 13.1. The molecule has 1 amide bonds. The van der Waals surface area contributed by atoms with Crippen LogP contribution >= 0.6 is 15.9 Å². The van der Waals surface area contributed by atoms with Crippen molar-refractivity contribution in [3.63, 3.8) is 0 Å². The fraction of sp³-hybridized carbons (Fsp3) is 0.0714. The van der Waals surface area contributed by atoms with Gasteiger partial charge in [-0.3, -0.25) is 4.79 Å². The highest BCUT2D eigenvalue weighted by atomic mass is 79.9. The Labute approximate surface area is 118 Å². The molecule has 0 radical (unpaired) electrons. The molecule has 0 saturated carbocycles. The molecular weight excluding hydrogens is 311 g/mol. The molecule has 0 aliphatic carbocycles. The zero-order chi connectivity index (χ0) is 14.0. The minimum atomic E-state index is -0.451. The largest absolute Gasteiger partial charge is 0.397 e. The van der Waals surface area contributed by atoms with Gasteiger partial charge in [0, 0.05) is 4.47 Å². The van der Waals surface area contributed by atoms with Crippen LogP contribution in [-0.4, -0.2) is 5.91 Å². The van der Waals surface area contributed by atoms with E-state index in [0.29, 0.717) is 15.7 Å². The summed E-state index contributed by atoms with van der Waals surface area (Å²) in [5, 5.41) is 2.60. The van der Waals surface area contributed by atoms with Crippen LogP contribution in [0.15, 0.2) is 40.9 Å². The molecule has 19 heavy (non-hydrogen) atoms. The van der Waals surface area contributed by atoms with E-state index in [1.807, 2.05) is 13.0 Å². The van der Waals surface area contributed by atoms with E-state index in [1.54, 1.807) is 12.1 Å². The molecule has 5 heteroatoms. The van der Waals surface area contributed by atoms with Crippen molar-refractivity contribution < 1.29 is 9.18 Å². The molecule has 0 heterocycles. The number of nitrogens with two attached hydrogens (primary N) is 1. The lowest BCUT2D eigenvalue weighted by atomic mass is 10.1. The number of benzene rings is 2. The van der Waals surface area contributed by atoms with E-state index in [2.05, 4.69) is 21.2 Å². The SMILES string of the molecule is Cc1cccc(C(=O)Nc2cc(F)ccc2N)c1Br. The van der Waals surface area contributed by atoms with Crippen molar-refractivity contribution in [3.8, 4) is 0 Å². The molecule has 0 bridgehead atoms. The second-order valence-electron chi connectivity index (χ2n) is 4.12. The van der Waals surface area contributed by atoms with E-state index >= 15 is 0 Å². The summed E-state index contributed by atoms with van der Waals surface area (Å²) in [6.45, 7) is 1.89. The molecule has 2 rings (SSSR count). The molecule has 2 aromatic carbocycles. The number of anilines is 2. The summed E-state index contributed by atoms with van der Waals surface area (Å²) in [5.41, 5.74) is 7.69. The lowest BCUT2D eigenvalue weighted by molar-refractivity contribution is 0.102. The highest BCUT2D eigenvalue weighted by Gasteiger charge is 2.13. The molecule has 3 N–H and O–H groups in total. The van der Waals surface area contributed by atoms with Crippen molar-refractivity contribution in [1.82, 2.24) is 0 Å².